The molecule has 0 aliphatic heterocycles. The van der Waals surface area contributed by atoms with Crippen molar-refractivity contribution in [3.63, 3.8) is 0 Å². The summed E-state index contributed by atoms with van der Waals surface area (Å²) < 4.78 is 0. The van der Waals surface area contributed by atoms with Crippen LogP contribution in [0.1, 0.15) is 61.6 Å². The normalized spacial score (nSPS) is 28.3. The standard InChI is InChI=1S/C16H22/c1-2-12-7-8-14-10-9-13-5-3-4-6-15(13)16(14)11-12/h7-8,11,13,15H,2-6,9-10H2,1H3. The summed E-state index contributed by atoms with van der Waals surface area (Å²) in [4.78, 5) is 0. The quantitative estimate of drug-likeness (QED) is 0.647. The maximum Gasteiger partial charge on any atom is -0.0131 e. The van der Waals surface area contributed by atoms with Gasteiger partial charge in [0.05, 0.1) is 0 Å². The molecule has 0 spiro atoms. The van der Waals surface area contributed by atoms with Crippen LogP contribution in [0.2, 0.25) is 0 Å². The summed E-state index contributed by atoms with van der Waals surface area (Å²) in [5, 5.41) is 0. The third kappa shape index (κ3) is 1.69. The zero-order chi connectivity index (χ0) is 11.0. The lowest BCUT2D eigenvalue weighted by Crippen LogP contribution is -2.24. The lowest BCUT2D eigenvalue weighted by molar-refractivity contribution is 0.275. The van der Waals surface area contributed by atoms with E-state index in [1.165, 1.54) is 50.5 Å². The van der Waals surface area contributed by atoms with Crippen LogP contribution in [0.15, 0.2) is 18.2 Å². The van der Waals surface area contributed by atoms with Crippen LogP contribution in [-0.2, 0) is 12.8 Å². The second kappa shape index (κ2) is 4.24. The molecule has 0 heterocycles. The van der Waals surface area contributed by atoms with E-state index in [-0.39, 0.29) is 0 Å². The lowest BCUT2D eigenvalue weighted by atomic mass is 9.68. The van der Waals surface area contributed by atoms with Crippen molar-refractivity contribution in [2.45, 2.75) is 57.8 Å². The highest BCUT2D eigenvalue weighted by atomic mass is 14.4. The fourth-order valence-corrected chi connectivity index (χ4v) is 3.74. The largest absolute Gasteiger partial charge is 0.0613 e. The molecule has 0 radical (unpaired) electrons. The van der Waals surface area contributed by atoms with E-state index >= 15 is 0 Å². The highest BCUT2D eigenvalue weighted by molar-refractivity contribution is 5.37. The van der Waals surface area contributed by atoms with Crippen LogP contribution in [0.25, 0.3) is 0 Å². The predicted molar refractivity (Wildman–Crippen MR) is 68.8 cm³/mol. The minimum atomic E-state index is 0.906. The van der Waals surface area contributed by atoms with Crippen molar-refractivity contribution in [1.29, 1.82) is 0 Å². The fourth-order valence-electron chi connectivity index (χ4n) is 3.74. The van der Waals surface area contributed by atoms with Crippen molar-refractivity contribution in [3.05, 3.63) is 34.9 Å². The second-order valence-electron chi connectivity index (χ2n) is 5.58. The molecule has 2 atom stereocenters. The first-order valence-electron chi connectivity index (χ1n) is 7.00. The van der Waals surface area contributed by atoms with Gasteiger partial charge >= 0.3 is 0 Å². The summed E-state index contributed by atoms with van der Waals surface area (Å²) >= 11 is 0. The van der Waals surface area contributed by atoms with Crippen molar-refractivity contribution < 1.29 is 0 Å². The van der Waals surface area contributed by atoms with Crippen molar-refractivity contribution in [2.75, 3.05) is 0 Å². The zero-order valence-electron chi connectivity index (χ0n) is 10.3. The SMILES string of the molecule is CCc1ccc2c(c1)C1CCCCC1CC2. The Morgan fingerprint density at radius 1 is 1.12 bits per heavy atom. The number of hydrogen-bond acceptors (Lipinski definition) is 0. The molecule has 0 bridgehead atoms. The van der Waals surface area contributed by atoms with Crippen LogP contribution in [0.5, 0.6) is 0 Å². The predicted octanol–water partition coefficient (Wildman–Crippen LogP) is 4.47. The molecule has 86 valence electrons. The summed E-state index contributed by atoms with van der Waals surface area (Å²) in [6.07, 6.45) is 9.83. The van der Waals surface area contributed by atoms with Gasteiger partial charge in [0.15, 0.2) is 0 Å². The van der Waals surface area contributed by atoms with Gasteiger partial charge in [-0.15, -0.1) is 0 Å². The van der Waals surface area contributed by atoms with Crippen LogP contribution in [0, 0.1) is 5.92 Å². The lowest BCUT2D eigenvalue weighted by Gasteiger charge is -2.37. The highest BCUT2D eigenvalue weighted by Crippen LogP contribution is 2.45. The summed E-state index contributed by atoms with van der Waals surface area (Å²) in [7, 11) is 0. The Labute approximate surface area is 99.1 Å². The molecule has 0 amide bonds. The molecular weight excluding hydrogens is 192 g/mol. The van der Waals surface area contributed by atoms with Crippen LogP contribution < -0.4 is 0 Å². The van der Waals surface area contributed by atoms with Gasteiger partial charge in [-0.1, -0.05) is 38.0 Å². The molecule has 0 saturated heterocycles. The Balaban J connectivity index is 1.98. The molecule has 2 aliphatic rings. The Hall–Kier alpha value is -0.780. The Kier molecular flexibility index (Phi) is 2.75. The van der Waals surface area contributed by atoms with Crippen LogP contribution in [0.4, 0.5) is 0 Å². The van der Waals surface area contributed by atoms with Crippen LogP contribution >= 0.6 is 0 Å². The van der Waals surface area contributed by atoms with E-state index in [2.05, 4.69) is 25.1 Å². The van der Waals surface area contributed by atoms with Crippen molar-refractivity contribution in [3.8, 4) is 0 Å². The molecule has 0 nitrogen and oxygen atoms in total. The summed E-state index contributed by atoms with van der Waals surface area (Å²) in [6, 6.07) is 7.25. The van der Waals surface area contributed by atoms with E-state index in [1.54, 1.807) is 11.1 Å². The van der Waals surface area contributed by atoms with Gasteiger partial charge < -0.3 is 0 Å². The van der Waals surface area contributed by atoms with E-state index in [1.807, 2.05) is 0 Å². The Bertz CT molecular complexity index is 378. The Morgan fingerprint density at radius 3 is 2.88 bits per heavy atom. The molecule has 2 unspecified atom stereocenters. The molecule has 1 fully saturated rings. The summed E-state index contributed by atoms with van der Waals surface area (Å²) in [5.74, 6) is 1.91. The van der Waals surface area contributed by atoms with Gasteiger partial charge in [0, 0.05) is 0 Å². The number of fused-ring (bicyclic) bond motifs is 3. The average Bonchev–Trinajstić information content (AvgIpc) is 2.38. The van der Waals surface area contributed by atoms with Crippen molar-refractivity contribution in [1.82, 2.24) is 0 Å². The molecule has 3 rings (SSSR count). The van der Waals surface area contributed by atoms with Crippen molar-refractivity contribution >= 4 is 0 Å². The molecule has 0 aromatic heterocycles. The zero-order valence-corrected chi connectivity index (χ0v) is 10.3. The second-order valence-corrected chi connectivity index (χ2v) is 5.58. The van der Waals surface area contributed by atoms with Gasteiger partial charge in [0.1, 0.15) is 0 Å². The van der Waals surface area contributed by atoms with Gasteiger partial charge in [-0.25, -0.2) is 0 Å². The molecule has 1 saturated carbocycles. The number of aryl methyl sites for hydroxylation is 2. The maximum atomic E-state index is 2.51. The van der Waals surface area contributed by atoms with E-state index in [9.17, 15) is 0 Å². The molecule has 0 heteroatoms. The monoisotopic (exact) mass is 214 g/mol. The first kappa shape index (κ1) is 10.4. The van der Waals surface area contributed by atoms with Gasteiger partial charge in [0.25, 0.3) is 0 Å². The van der Waals surface area contributed by atoms with E-state index in [0.29, 0.717) is 0 Å². The minimum absolute atomic E-state index is 0.906. The highest BCUT2D eigenvalue weighted by Gasteiger charge is 2.31. The molecule has 2 aliphatic carbocycles. The minimum Gasteiger partial charge on any atom is -0.0613 e. The van der Waals surface area contributed by atoms with Crippen LogP contribution in [0.3, 0.4) is 0 Å². The molecule has 1 aromatic rings. The van der Waals surface area contributed by atoms with Crippen LogP contribution in [-0.4, -0.2) is 0 Å². The Morgan fingerprint density at radius 2 is 2.00 bits per heavy atom. The van der Waals surface area contributed by atoms with Crippen molar-refractivity contribution in [2.24, 2.45) is 5.92 Å². The van der Waals surface area contributed by atoms with Gasteiger partial charge in [0.2, 0.25) is 0 Å². The van der Waals surface area contributed by atoms with E-state index in [4.69, 9.17) is 0 Å². The average molecular weight is 214 g/mol. The van der Waals surface area contributed by atoms with Gasteiger partial charge in [-0.05, 0) is 60.6 Å². The van der Waals surface area contributed by atoms with Gasteiger partial charge in [-0.2, -0.15) is 0 Å². The third-order valence-electron chi connectivity index (χ3n) is 4.71. The summed E-state index contributed by atoms with van der Waals surface area (Å²) in [5.41, 5.74) is 4.90. The maximum absolute atomic E-state index is 2.51. The van der Waals surface area contributed by atoms with E-state index in [0.717, 1.165) is 11.8 Å². The molecule has 1 aromatic carbocycles. The smallest absolute Gasteiger partial charge is 0.0131 e. The number of benzene rings is 1. The molecule has 0 N–H and O–H groups in total. The van der Waals surface area contributed by atoms with Gasteiger partial charge in [-0.3, -0.25) is 0 Å². The first-order valence-corrected chi connectivity index (χ1v) is 7.00. The molecular formula is C16H22. The fraction of sp³-hybridized carbons (Fsp3) is 0.625. The first-order chi connectivity index (χ1) is 7.88. The summed E-state index contributed by atoms with van der Waals surface area (Å²) in [6.45, 7) is 2.27. The topological polar surface area (TPSA) is 0 Å². The number of rotatable bonds is 1. The van der Waals surface area contributed by atoms with E-state index < -0.39 is 0 Å². The number of hydrogen-bond donors (Lipinski definition) is 0. The third-order valence-corrected chi connectivity index (χ3v) is 4.71. The molecule has 16 heavy (non-hydrogen) atoms.